The largest absolute Gasteiger partial charge is 0.346 e. The van der Waals surface area contributed by atoms with E-state index in [4.69, 9.17) is 16.6 Å². The van der Waals surface area contributed by atoms with E-state index in [0.29, 0.717) is 30.1 Å². The molecular formula is C33H31ClN4O2. The van der Waals surface area contributed by atoms with Gasteiger partial charge in [0.05, 0.1) is 17.4 Å². The molecular weight excluding hydrogens is 520 g/mol. The summed E-state index contributed by atoms with van der Waals surface area (Å²) in [4.78, 5) is 35.2. The molecule has 5 rings (SSSR count). The predicted molar refractivity (Wildman–Crippen MR) is 163 cm³/mol. The zero-order chi connectivity index (χ0) is 28.2. The Labute approximate surface area is 239 Å². The van der Waals surface area contributed by atoms with E-state index < -0.39 is 0 Å². The lowest BCUT2D eigenvalue weighted by Crippen LogP contribution is -2.25. The number of likely N-dealkylation sites (N-methyl/N-ethyl adjacent to an activating group) is 1. The fourth-order valence-electron chi connectivity index (χ4n) is 4.96. The highest BCUT2D eigenvalue weighted by Crippen LogP contribution is 2.34. The second kappa shape index (κ2) is 11.8. The molecule has 0 saturated heterocycles. The Kier molecular flexibility index (Phi) is 8.08. The van der Waals surface area contributed by atoms with Crippen LogP contribution >= 0.6 is 11.6 Å². The number of benzodiazepines with no additional fused rings is 1. The number of pyridine rings is 1. The Hall–Kier alpha value is -4.29. The summed E-state index contributed by atoms with van der Waals surface area (Å²) >= 11 is 6.45. The number of amides is 1. The number of carbonyl (C=O) groups excluding carboxylic acids is 2. The lowest BCUT2D eigenvalue weighted by atomic mass is 10.00. The smallest absolute Gasteiger partial charge is 0.225 e. The van der Waals surface area contributed by atoms with Crippen LogP contribution in [0.1, 0.15) is 42.9 Å². The highest BCUT2D eigenvalue weighted by molar-refractivity contribution is 6.31. The summed E-state index contributed by atoms with van der Waals surface area (Å²) in [6, 6.07) is 24.1. The molecule has 0 fully saturated rings. The first-order chi connectivity index (χ1) is 19.3. The molecule has 0 spiro atoms. The maximum atomic E-state index is 12.3. The molecule has 1 aromatic heterocycles. The quantitative estimate of drug-likeness (QED) is 0.256. The SMILES string of the molecule is C=C1C(Cc2ccc3ccccc3c2)N=C(c2ccc(NC(=O)CCCC(C)=O)nc2)c2cc(Cl)ccc2N1C. The van der Waals surface area contributed by atoms with E-state index in [0.717, 1.165) is 28.2 Å². The number of anilines is 2. The number of fused-ring (bicyclic) bond motifs is 2. The minimum absolute atomic E-state index is 0.0760. The third-order valence-corrected chi connectivity index (χ3v) is 7.39. The van der Waals surface area contributed by atoms with Gasteiger partial charge in [0.2, 0.25) is 5.91 Å². The van der Waals surface area contributed by atoms with Crippen molar-refractivity contribution < 1.29 is 9.59 Å². The first-order valence-corrected chi connectivity index (χ1v) is 13.7. The minimum Gasteiger partial charge on any atom is -0.346 e. The Morgan fingerprint density at radius 1 is 1.00 bits per heavy atom. The topological polar surface area (TPSA) is 74.7 Å². The molecule has 0 bridgehead atoms. The van der Waals surface area contributed by atoms with E-state index in [2.05, 4.69) is 52.1 Å². The van der Waals surface area contributed by atoms with Crippen LogP contribution in [0.4, 0.5) is 11.5 Å². The van der Waals surface area contributed by atoms with Crippen molar-refractivity contribution in [1.29, 1.82) is 0 Å². The summed E-state index contributed by atoms with van der Waals surface area (Å²) in [6.45, 7) is 5.96. The lowest BCUT2D eigenvalue weighted by molar-refractivity contribution is -0.117. The van der Waals surface area contributed by atoms with Gasteiger partial charge in [0.1, 0.15) is 11.6 Å². The zero-order valence-electron chi connectivity index (χ0n) is 22.7. The first kappa shape index (κ1) is 27.3. The first-order valence-electron chi connectivity index (χ1n) is 13.3. The number of aromatic nitrogens is 1. The van der Waals surface area contributed by atoms with Crippen LogP contribution in [-0.4, -0.2) is 35.5 Å². The highest BCUT2D eigenvalue weighted by Gasteiger charge is 2.27. The standard InChI is InChI=1S/C33H31ClN4O2/c1-21(39)7-6-10-32(40)37-31-16-13-26(20-35-31)33-28-19-27(34)14-15-30(28)38(3)22(2)29(36-33)18-23-11-12-24-8-4-5-9-25(24)17-23/h4-5,8-9,11-17,19-20,29H,2,6-7,10,18H2,1,3H3,(H,35,37,40). The van der Waals surface area contributed by atoms with Crippen molar-refractivity contribution in [3.8, 4) is 0 Å². The van der Waals surface area contributed by atoms with Gasteiger partial charge in [-0.05, 0) is 60.0 Å². The minimum atomic E-state index is -0.215. The van der Waals surface area contributed by atoms with E-state index in [1.807, 2.05) is 43.4 Å². The molecule has 1 amide bonds. The Morgan fingerprint density at radius 2 is 1.80 bits per heavy atom. The van der Waals surface area contributed by atoms with Gasteiger partial charge in [-0.1, -0.05) is 60.6 Å². The van der Waals surface area contributed by atoms with Crippen LogP contribution in [0.3, 0.4) is 0 Å². The van der Waals surface area contributed by atoms with Gasteiger partial charge in [-0.15, -0.1) is 0 Å². The highest BCUT2D eigenvalue weighted by atomic mass is 35.5. The van der Waals surface area contributed by atoms with Crippen molar-refractivity contribution in [2.45, 2.75) is 38.6 Å². The third kappa shape index (κ3) is 6.13. The average molecular weight is 551 g/mol. The van der Waals surface area contributed by atoms with Crippen LogP contribution in [0.25, 0.3) is 10.8 Å². The van der Waals surface area contributed by atoms with Crippen LogP contribution in [-0.2, 0) is 16.0 Å². The molecule has 2 heterocycles. The van der Waals surface area contributed by atoms with E-state index >= 15 is 0 Å². The summed E-state index contributed by atoms with van der Waals surface area (Å²) in [5, 5.41) is 5.81. The van der Waals surface area contributed by atoms with Crippen molar-refractivity contribution in [3.63, 3.8) is 0 Å². The molecule has 1 aliphatic heterocycles. The number of hydrogen-bond donors (Lipinski definition) is 1. The van der Waals surface area contributed by atoms with Crippen molar-refractivity contribution in [1.82, 2.24) is 4.98 Å². The number of hydrogen-bond acceptors (Lipinski definition) is 5. The van der Waals surface area contributed by atoms with E-state index in [-0.39, 0.29) is 24.2 Å². The number of benzene rings is 3. The zero-order valence-corrected chi connectivity index (χ0v) is 23.4. The van der Waals surface area contributed by atoms with Gasteiger partial charge in [-0.3, -0.25) is 9.79 Å². The molecule has 1 aliphatic rings. The number of rotatable bonds is 8. The predicted octanol–water partition coefficient (Wildman–Crippen LogP) is 7.00. The molecule has 0 aliphatic carbocycles. The molecule has 0 radical (unpaired) electrons. The van der Waals surface area contributed by atoms with Crippen molar-refractivity contribution in [2.24, 2.45) is 4.99 Å². The van der Waals surface area contributed by atoms with Crippen LogP contribution < -0.4 is 10.2 Å². The van der Waals surface area contributed by atoms with Crippen molar-refractivity contribution in [2.75, 3.05) is 17.3 Å². The number of Topliss-reactive ketones (excluding diaryl/α,β-unsaturated/α-hetero) is 1. The number of halogens is 1. The van der Waals surface area contributed by atoms with Crippen molar-refractivity contribution in [3.05, 3.63) is 113 Å². The molecule has 0 saturated carbocycles. The molecule has 1 N–H and O–H groups in total. The third-order valence-electron chi connectivity index (χ3n) is 7.16. The van der Waals surface area contributed by atoms with E-state index in [1.54, 1.807) is 12.3 Å². The summed E-state index contributed by atoms with van der Waals surface area (Å²) in [7, 11) is 2.00. The number of ketones is 1. The molecule has 1 atom stereocenters. The molecule has 4 aromatic rings. The second-order valence-electron chi connectivity index (χ2n) is 10.1. The monoisotopic (exact) mass is 550 g/mol. The molecule has 3 aromatic carbocycles. The maximum Gasteiger partial charge on any atom is 0.225 e. The van der Waals surface area contributed by atoms with Crippen molar-refractivity contribution >= 4 is 51.3 Å². The summed E-state index contributed by atoms with van der Waals surface area (Å²) < 4.78 is 0. The van der Waals surface area contributed by atoms with Gasteiger partial charge in [0.25, 0.3) is 0 Å². The molecule has 202 valence electrons. The van der Waals surface area contributed by atoms with Gasteiger partial charge in [-0.2, -0.15) is 0 Å². The average Bonchev–Trinajstić information content (AvgIpc) is 3.03. The molecule has 7 heteroatoms. The summed E-state index contributed by atoms with van der Waals surface area (Å²) in [5.41, 5.74) is 5.47. The van der Waals surface area contributed by atoms with Gasteiger partial charge in [-0.25, -0.2) is 4.98 Å². The van der Waals surface area contributed by atoms with Crippen LogP contribution in [0.15, 0.2) is 96.3 Å². The van der Waals surface area contributed by atoms with E-state index in [9.17, 15) is 9.59 Å². The Morgan fingerprint density at radius 3 is 2.55 bits per heavy atom. The fourth-order valence-corrected chi connectivity index (χ4v) is 5.13. The Balaban J connectivity index is 1.47. The molecule has 40 heavy (non-hydrogen) atoms. The second-order valence-corrected chi connectivity index (χ2v) is 10.6. The van der Waals surface area contributed by atoms with Crippen LogP contribution in [0.5, 0.6) is 0 Å². The van der Waals surface area contributed by atoms with Gasteiger partial charge < -0.3 is 15.0 Å². The number of aliphatic imine (C=N–C) groups is 1. The van der Waals surface area contributed by atoms with Gasteiger partial charge in [0, 0.05) is 54.4 Å². The number of nitrogens with one attached hydrogen (secondary N) is 1. The van der Waals surface area contributed by atoms with E-state index in [1.165, 1.54) is 23.3 Å². The fraction of sp³-hybridized carbons (Fsp3) is 0.212. The number of carbonyl (C=O) groups is 2. The lowest BCUT2D eigenvalue weighted by Gasteiger charge is -2.25. The summed E-state index contributed by atoms with van der Waals surface area (Å²) in [6.07, 6.45) is 3.58. The van der Waals surface area contributed by atoms with Crippen LogP contribution in [0, 0.1) is 0 Å². The normalized spacial score (nSPS) is 14.9. The van der Waals surface area contributed by atoms with Crippen LogP contribution in [0.2, 0.25) is 5.02 Å². The molecule has 1 unspecified atom stereocenters. The maximum absolute atomic E-state index is 12.3. The summed E-state index contributed by atoms with van der Waals surface area (Å²) in [5.74, 6) is 0.359. The Bertz CT molecular complexity index is 1630. The molecule has 6 nitrogen and oxygen atoms in total. The van der Waals surface area contributed by atoms with Gasteiger partial charge >= 0.3 is 0 Å². The van der Waals surface area contributed by atoms with Gasteiger partial charge in [0.15, 0.2) is 0 Å². The number of nitrogens with zero attached hydrogens (tertiary/aromatic N) is 3.